The zero-order chi connectivity index (χ0) is 8.10. The normalized spacial score (nSPS) is 11.5. The van der Waals surface area contributed by atoms with Crippen LogP contribution in [-0.2, 0) is 0 Å². The molecule has 11 heavy (non-hydrogen) atoms. The minimum Gasteiger partial charge on any atom is -0.410 e. The summed E-state index contributed by atoms with van der Waals surface area (Å²) in [6.07, 6.45) is 1.87. The van der Waals surface area contributed by atoms with Crippen molar-refractivity contribution in [3.63, 3.8) is 0 Å². The second-order valence-electron chi connectivity index (χ2n) is 1.90. The molecule has 0 saturated carbocycles. The van der Waals surface area contributed by atoms with Crippen molar-refractivity contribution in [2.45, 2.75) is 0 Å². The summed E-state index contributed by atoms with van der Waals surface area (Å²) in [5.41, 5.74) is 0.916. The molecular formula is C8H8NOS. The molecule has 0 fully saturated rings. The Bertz CT molecular complexity index is 246. The minimum absolute atomic E-state index is 0.624. The summed E-state index contributed by atoms with van der Waals surface area (Å²) in [4.78, 5) is 0. The topological polar surface area (TPSA) is 32.6 Å². The second kappa shape index (κ2) is 4.03. The smallest absolute Gasteiger partial charge is 0.142 e. The first kappa shape index (κ1) is 8.14. The molecular weight excluding hydrogens is 158 g/mol. The molecule has 57 valence electrons. The van der Waals surface area contributed by atoms with Crippen LogP contribution in [0.25, 0.3) is 0 Å². The van der Waals surface area contributed by atoms with Crippen LogP contribution in [0, 0.1) is 6.07 Å². The molecule has 3 heteroatoms. The van der Waals surface area contributed by atoms with Crippen molar-refractivity contribution in [2.24, 2.45) is 5.16 Å². The fraction of sp³-hybridized carbons (Fsp3) is 0.125. The van der Waals surface area contributed by atoms with Crippen LogP contribution >= 0.6 is 11.8 Å². The molecule has 1 aromatic carbocycles. The van der Waals surface area contributed by atoms with Crippen molar-refractivity contribution in [1.29, 1.82) is 0 Å². The first-order valence-electron chi connectivity index (χ1n) is 3.11. The molecule has 0 heterocycles. The predicted octanol–water partition coefficient (Wildman–Crippen LogP) is 1.99. The van der Waals surface area contributed by atoms with Crippen molar-refractivity contribution in [3.05, 3.63) is 35.9 Å². The Morgan fingerprint density at radius 3 is 2.64 bits per heavy atom. The van der Waals surface area contributed by atoms with Crippen LogP contribution in [0.4, 0.5) is 0 Å². The summed E-state index contributed by atoms with van der Waals surface area (Å²) < 4.78 is 0. The van der Waals surface area contributed by atoms with Crippen molar-refractivity contribution in [2.75, 3.05) is 6.26 Å². The van der Waals surface area contributed by atoms with Gasteiger partial charge in [0.05, 0.1) is 0 Å². The third-order valence-corrected chi connectivity index (χ3v) is 1.95. The predicted molar refractivity (Wildman–Crippen MR) is 47.1 cm³/mol. The summed E-state index contributed by atoms with van der Waals surface area (Å²) in [6, 6.07) is 10.2. The minimum atomic E-state index is 0.624. The number of nitrogens with zero attached hydrogens (tertiary/aromatic N) is 1. The zero-order valence-electron chi connectivity index (χ0n) is 6.11. The van der Waals surface area contributed by atoms with Gasteiger partial charge in [-0.2, -0.15) is 0 Å². The van der Waals surface area contributed by atoms with Gasteiger partial charge in [0.1, 0.15) is 5.04 Å². The summed E-state index contributed by atoms with van der Waals surface area (Å²) >= 11 is 1.41. The molecule has 1 rings (SSSR count). The van der Waals surface area contributed by atoms with Gasteiger partial charge in [-0.15, -0.1) is 11.8 Å². The van der Waals surface area contributed by atoms with E-state index in [-0.39, 0.29) is 0 Å². The van der Waals surface area contributed by atoms with Gasteiger partial charge >= 0.3 is 0 Å². The zero-order valence-corrected chi connectivity index (χ0v) is 6.93. The monoisotopic (exact) mass is 166 g/mol. The van der Waals surface area contributed by atoms with Crippen molar-refractivity contribution >= 4 is 16.8 Å². The molecule has 0 saturated heterocycles. The SMILES string of the molecule is CS/C(=N\O)c1cc[c]cc1. The average Bonchev–Trinajstić information content (AvgIpc) is 2.09. The van der Waals surface area contributed by atoms with Crippen LogP contribution in [0.15, 0.2) is 29.4 Å². The Kier molecular flexibility index (Phi) is 2.98. The molecule has 0 aliphatic rings. The molecule has 1 radical (unpaired) electrons. The molecule has 0 aromatic heterocycles. The first-order valence-corrected chi connectivity index (χ1v) is 4.33. The van der Waals surface area contributed by atoms with Gasteiger partial charge in [0.2, 0.25) is 0 Å². The molecule has 0 bridgehead atoms. The highest BCUT2D eigenvalue weighted by Crippen LogP contribution is 2.09. The maximum absolute atomic E-state index is 8.54. The lowest BCUT2D eigenvalue weighted by Gasteiger charge is -1.97. The number of thioether (sulfide) groups is 1. The van der Waals surface area contributed by atoms with Crippen LogP contribution in [0.2, 0.25) is 0 Å². The fourth-order valence-corrected chi connectivity index (χ4v) is 1.20. The van der Waals surface area contributed by atoms with Crippen molar-refractivity contribution in [3.8, 4) is 0 Å². The highest BCUT2D eigenvalue weighted by atomic mass is 32.2. The van der Waals surface area contributed by atoms with Gasteiger partial charge < -0.3 is 5.21 Å². The number of oxime groups is 1. The summed E-state index contributed by atoms with van der Waals surface area (Å²) in [7, 11) is 0. The molecule has 0 amide bonds. The lowest BCUT2D eigenvalue weighted by Crippen LogP contribution is -1.92. The van der Waals surface area contributed by atoms with E-state index in [1.165, 1.54) is 11.8 Å². The molecule has 0 atom stereocenters. The van der Waals surface area contributed by atoms with E-state index in [0.717, 1.165) is 5.56 Å². The molecule has 1 N–H and O–H groups in total. The summed E-state index contributed by atoms with van der Waals surface area (Å²) in [5.74, 6) is 0. The van der Waals surface area contributed by atoms with Crippen LogP contribution < -0.4 is 0 Å². The molecule has 0 spiro atoms. The van der Waals surface area contributed by atoms with Crippen molar-refractivity contribution < 1.29 is 5.21 Å². The van der Waals surface area contributed by atoms with Gasteiger partial charge in [-0.05, 0) is 12.3 Å². The highest BCUT2D eigenvalue weighted by Gasteiger charge is 1.99. The Labute approximate surface area is 69.9 Å². The lowest BCUT2D eigenvalue weighted by atomic mass is 10.2. The van der Waals surface area contributed by atoms with Crippen LogP contribution in [0.3, 0.4) is 0 Å². The van der Waals surface area contributed by atoms with E-state index >= 15 is 0 Å². The van der Waals surface area contributed by atoms with E-state index in [1.54, 1.807) is 12.1 Å². The molecule has 0 aliphatic carbocycles. The van der Waals surface area contributed by atoms with Crippen LogP contribution in [0.5, 0.6) is 0 Å². The largest absolute Gasteiger partial charge is 0.410 e. The maximum atomic E-state index is 8.54. The molecule has 1 aromatic rings. The van der Waals surface area contributed by atoms with Crippen LogP contribution in [-0.4, -0.2) is 16.5 Å². The van der Waals surface area contributed by atoms with Gasteiger partial charge in [0.15, 0.2) is 0 Å². The standard InChI is InChI=1S/C8H8NOS/c1-11-8(9-10)7-5-3-2-4-6-7/h3-6,10H,1H3/b9-8-. The van der Waals surface area contributed by atoms with Gasteiger partial charge in [-0.25, -0.2) is 0 Å². The lowest BCUT2D eigenvalue weighted by molar-refractivity contribution is 0.321. The average molecular weight is 166 g/mol. The third-order valence-electron chi connectivity index (χ3n) is 1.25. The molecule has 2 nitrogen and oxygen atoms in total. The first-order chi connectivity index (χ1) is 5.38. The van der Waals surface area contributed by atoms with E-state index < -0.39 is 0 Å². The number of benzene rings is 1. The Morgan fingerprint density at radius 2 is 2.18 bits per heavy atom. The quantitative estimate of drug-likeness (QED) is 0.299. The highest BCUT2D eigenvalue weighted by molar-refractivity contribution is 8.13. The van der Waals surface area contributed by atoms with E-state index in [0.29, 0.717) is 5.04 Å². The number of hydrogen-bond acceptors (Lipinski definition) is 3. The van der Waals surface area contributed by atoms with Crippen molar-refractivity contribution in [1.82, 2.24) is 0 Å². The van der Waals surface area contributed by atoms with Gasteiger partial charge in [-0.3, -0.25) is 0 Å². The Hall–Kier alpha value is -0.960. The third kappa shape index (κ3) is 1.98. The van der Waals surface area contributed by atoms with Crippen LogP contribution in [0.1, 0.15) is 5.56 Å². The molecule has 0 aliphatic heterocycles. The van der Waals surface area contributed by atoms with Gasteiger partial charge in [0, 0.05) is 5.56 Å². The van der Waals surface area contributed by atoms with E-state index in [9.17, 15) is 0 Å². The van der Waals surface area contributed by atoms with E-state index in [1.807, 2.05) is 18.4 Å². The Morgan fingerprint density at radius 1 is 1.55 bits per heavy atom. The molecule has 0 unspecified atom stereocenters. The van der Waals surface area contributed by atoms with E-state index in [4.69, 9.17) is 5.21 Å². The number of hydrogen-bond donors (Lipinski definition) is 1. The van der Waals surface area contributed by atoms with Gasteiger partial charge in [0.25, 0.3) is 0 Å². The summed E-state index contributed by atoms with van der Waals surface area (Å²) in [5, 5.41) is 12.3. The summed E-state index contributed by atoms with van der Waals surface area (Å²) in [6.45, 7) is 0. The van der Waals surface area contributed by atoms with E-state index in [2.05, 4.69) is 11.2 Å². The Balaban J connectivity index is 2.92. The maximum Gasteiger partial charge on any atom is 0.142 e. The number of rotatable bonds is 1. The fourth-order valence-electron chi connectivity index (χ4n) is 0.746. The van der Waals surface area contributed by atoms with Gasteiger partial charge in [-0.1, -0.05) is 29.4 Å². The second-order valence-corrected chi connectivity index (χ2v) is 2.69.